The minimum Gasteiger partial charge on any atom is -0.345 e. The van der Waals surface area contributed by atoms with Crippen molar-refractivity contribution in [2.45, 2.75) is 41.2 Å². The molecule has 3 rings (SSSR count). The van der Waals surface area contributed by atoms with Gasteiger partial charge < -0.3 is 5.32 Å². The highest BCUT2D eigenvalue weighted by Gasteiger charge is 2.15. The first-order chi connectivity index (χ1) is 11.3. The lowest BCUT2D eigenvalue weighted by atomic mass is 10.00. The van der Waals surface area contributed by atoms with Crippen molar-refractivity contribution in [3.05, 3.63) is 57.7 Å². The van der Waals surface area contributed by atoms with E-state index in [0.29, 0.717) is 12.3 Å². The maximum absolute atomic E-state index is 12.4. The number of nitrogens with one attached hydrogen (secondary N) is 1. The zero-order chi connectivity index (χ0) is 17.4. The fourth-order valence-electron chi connectivity index (χ4n) is 3.00. The Morgan fingerprint density at radius 1 is 1.04 bits per heavy atom. The summed E-state index contributed by atoms with van der Waals surface area (Å²) in [5.41, 5.74) is 6.44. The molecule has 0 saturated carbocycles. The number of fused-ring (bicyclic) bond motifs is 1. The first kappa shape index (κ1) is 16.1. The Morgan fingerprint density at radius 3 is 2.38 bits per heavy atom. The number of carbonyl (C=O) groups is 1. The van der Waals surface area contributed by atoms with E-state index in [-0.39, 0.29) is 11.7 Å². The number of rotatable bonds is 3. The zero-order valence-electron chi connectivity index (χ0n) is 14.6. The van der Waals surface area contributed by atoms with E-state index in [1.54, 1.807) is 4.52 Å². The summed E-state index contributed by atoms with van der Waals surface area (Å²) in [5, 5.41) is 7.16. The van der Waals surface area contributed by atoms with Gasteiger partial charge in [0, 0.05) is 17.9 Å². The average Bonchev–Trinajstić information content (AvgIpc) is 2.90. The average molecular weight is 323 g/mol. The number of benzene rings is 1. The molecule has 124 valence electrons. The Morgan fingerprint density at radius 2 is 1.71 bits per heavy atom. The number of aromatic nitrogens is 4. The highest BCUT2D eigenvalue weighted by molar-refractivity contribution is 5.90. The molecule has 6 nitrogen and oxygen atoms in total. The van der Waals surface area contributed by atoms with Gasteiger partial charge in [0.05, 0.1) is 0 Å². The minimum atomic E-state index is -0.295. The summed E-state index contributed by atoms with van der Waals surface area (Å²) in [6, 6.07) is 6.14. The fraction of sp³-hybridized carbons (Fsp3) is 0.333. The molecule has 0 aliphatic carbocycles. The van der Waals surface area contributed by atoms with E-state index >= 15 is 0 Å². The summed E-state index contributed by atoms with van der Waals surface area (Å²) in [4.78, 5) is 20.9. The van der Waals surface area contributed by atoms with Crippen molar-refractivity contribution in [1.82, 2.24) is 24.9 Å². The third kappa shape index (κ3) is 2.99. The van der Waals surface area contributed by atoms with E-state index < -0.39 is 0 Å². The molecule has 0 spiro atoms. The third-order valence-corrected chi connectivity index (χ3v) is 4.09. The molecule has 3 aromatic rings. The molecule has 0 aliphatic heterocycles. The summed E-state index contributed by atoms with van der Waals surface area (Å²) >= 11 is 0. The van der Waals surface area contributed by atoms with Crippen LogP contribution in [-0.4, -0.2) is 25.5 Å². The van der Waals surface area contributed by atoms with Gasteiger partial charge in [-0.15, -0.1) is 5.10 Å². The van der Waals surface area contributed by atoms with Crippen molar-refractivity contribution in [1.29, 1.82) is 0 Å². The van der Waals surface area contributed by atoms with Gasteiger partial charge in [0.25, 0.3) is 11.7 Å². The van der Waals surface area contributed by atoms with Crippen LogP contribution in [-0.2, 0) is 6.54 Å². The van der Waals surface area contributed by atoms with Gasteiger partial charge in [-0.1, -0.05) is 17.7 Å². The van der Waals surface area contributed by atoms with Crippen LogP contribution in [0, 0.1) is 34.6 Å². The maximum atomic E-state index is 12.4. The number of aryl methyl sites for hydroxylation is 5. The lowest BCUT2D eigenvalue weighted by Gasteiger charge is -2.11. The van der Waals surface area contributed by atoms with Gasteiger partial charge in [0.15, 0.2) is 0 Å². The minimum absolute atomic E-state index is 0.138. The second-order valence-electron chi connectivity index (χ2n) is 6.25. The van der Waals surface area contributed by atoms with Crippen LogP contribution in [0.5, 0.6) is 0 Å². The van der Waals surface area contributed by atoms with E-state index in [4.69, 9.17) is 0 Å². The Labute approximate surface area is 141 Å². The number of nitrogens with zero attached hydrogens (tertiary/aromatic N) is 4. The summed E-state index contributed by atoms with van der Waals surface area (Å²) in [7, 11) is 0. The SMILES string of the molecule is Cc1cc(C)c(CNC(=O)c2nc3nc(C)cc(C)n3n2)c(C)c1. The Kier molecular flexibility index (Phi) is 4.05. The second kappa shape index (κ2) is 6.03. The van der Waals surface area contributed by atoms with Crippen molar-refractivity contribution in [3.8, 4) is 0 Å². The molecule has 1 amide bonds. The molecule has 1 N–H and O–H groups in total. The van der Waals surface area contributed by atoms with Gasteiger partial charge >= 0.3 is 0 Å². The lowest BCUT2D eigenvalue weighted by Crippen LogP contribution is -2.25. The van der Waals surface area contributed by atoms with Crippen molar-refractivity contribution in [3.63, 3.8) is 0 Å². The molecule has 0 unspecified atom stereocenters. The third-order valence-electron chi connectivity index (χ3n) is 4.09. The van der Waals surface area contributed by atoms with Crippen LogP contribution in [0.4, 0.5) is 0 Å². The van der Waals surface area contributed by atoms with Gasteiger partial charge in [-0.2, -0.15) is 4.98 Å². The molecule has 2 heterocycles. The number of amides is 1. The van der Waals surface area contributed by atoms with E-state index in [0.717, 1.165) is 17.0 Å². The Balaban J connectivity index is 1.82. The first-order valence-electron chi connectivity index (χ1n) is 7.91. The van der Waals surface area contributed by atoms with Gasteiger partial charge in [0.2, 0.25) is 5.82 Å². The molecule has 0 atom stereocenters. The summed E-state index contributed by atoms with van der Waals surface area (Å²) < 4.78 is 1.59. The monoisotopic (exact) mass is 323 g/mol. The maximum Gasteiger partial charge on any atom is 0.291 e. The molecule has 0 bridgehead atoms. The van der Waals surface area contributed by atoms with Gasteiger partial charge in [0.1, 0.15) is 0 Å². The van der Waals surface area contributed by atoms with E-state index in [9.17, 15) is 4.79 Å². The predicted octanol–water partition coefficient (Wildman–Crippen LogP) is 2.60. The van der Waals surface area contributed by atoms with Crippen LogP contribution < -0.4 is 5.32 Å². The molecular weight excluding hydrogens is 302 g/mol. The molecule has 0 radical (unpaired) electrons. The molecule has 0 aliphatic rings. The Hall–Kier alpha value is -2.76. The van der Waals surface area contributed by atoms with Crippen molar-refractivity contribution in [2.75, 3.05) is 0 Å². The van der Waals surface area contributed by atoms with Crippen LogP contribution >= 0.6 is 0 Å². The summed E-state index contributed by atoms with van der Waals surface area (Å²) in [6.45, 7) is 10.4. The van der Waals surface area contributed by atoms with Crippen LogP contribution in [0.25, 0.3) is 5.78 Å². The molecule has 24 heavy (non-hydrogen) atoms. The zero-order valence-corrected chi connectivity index (χ0v) is 14.6. The quantitative estimate of drug-likeness (QED) is 0.804. The Bertz CT molecular complexity index is 919. The van der Waals surface area contributed by atoms with Crippen LogP contribution in [0.1, 0.15) is 44.3 Å². The van der Waals surface area contributed by atoms with E-state index in [2.05, 4.69) is 53.3 Å². The smallest absolute Gasteiger partial charge is 0.291 e. The van der Waals surface area contributed by atoms with Gasteiger partial charge in [-0.3, -0.25) is 4.79 Å². The highest BCUT2D eigenvalue weighted by Crippen LogP contribution is 2.16. The number of carbonyl (C=O) groups excluding carboxylic acids is 1. The molecule has 0 fully saturated rings. The first-order valence-corrected chi connectivity index (χ1v) is 7.91. The summed E-state index contributed by atoms with van der Waals surface area (Å²) in [5.74, 6) is 0.288. The summed E-state index contributed by atoms with van der Waals surface area (Å²) in [6.07, 6.45) is 0. The molecule has 6 heteroatoms. The second-order valence-corrected chi connectivity index (χ2v) is 6.25. The van der Waals surface area contributed by atoms with Crippen molar-refractivity contribution >= 4 is 11.7 Å². The number of hydrogen-bond acceptors (Lipinski definition) is 4. The topological polar surface area (TPSA) is 72.2 Å². The molecule has 2 aromatic heterocycles. The van der Waals surface area contributed by atoms with E-state index in [1.165, 1.54) is 16.7 Å². The lowest BCUT2D eigenvalue weighted by molar-refractivity contribution is 0.0940. The van der Waals surface area contributed by atoms with Gasteiger partial charge in [-0.05, 0) is 57.4 Å². The highest BCUT2D eigenvalue weighted by atomic mass is 16.2. The molecular formula is C18H21N5O. The van der Waals surface area contributed by atoms with E-state index in [1.807, 2.05) is 19.9 Å². The van der Waals surface area contributed by atoms with Crippen molar-refractivity contribution < 1.29 is 4.79 Å². The van der Waals surface area contributed by atoms with Crippen molar-refractivity contribution in [2.24, 2.45) is 0 Å². The van der Waals surface area contributed by atoms with Crippen LogP contribution in [0.3, 0.4) is 0 Å². The largest absolute Gasteiger partial charge is 0.345 e. The van der Waals surface area contributed by atoms with Crippen LogP contribution in [0.2, 0.25) is 0 Å². The molecule has 1 aromatic carbocycles. The fourth-order valence-corrected chi connectivity index (χ4v) is 3.00. The predicted molar refractivity (Wildman–Crippen MR) is 92.1 cm³/mol. The molecule has 0 saturated heterocycles. The standard InChI is InChI=1S/C18H21N5O/c1-10-6-11(2)15(12(3)7-10)9-19-17(24)16-21-18-20-13(4)8-14(5)23(18)22-16/h6-8H,9H2,1-5H3,(H,19,24). The van der Waals surface area contributed by atoms with Gasteiger partial charge in [-0.25, -0.2) is 9.50 Å². The van der Waals surface area contributed by atoms with Crippen LogP contribution in [0.15, 0.2) is 18.2 Å². The normalized spacial score (nSPS) is 11.0. The number of hydrogen-bond donors (Lipinski definition) is 1.